The molecule has 0 saturated carbocycles. The van der Waals surface area contributed by atoms with Crippen molar-refractivity contribution in [1.82, 2.24) is 29.8 Å². The van der Waals surface area contributed by atoms with Gasteiger partial charge in [-0.1, -0.05) is 6.07 Å². The molecule has 1 aliphatic rings. The van der Waals surface area contributed by atoms with Crippen LogP contribution in [0.2, 0.25) is 0 Å². The molecule has 1 aliphatic heterocycles. The minimum Gasteiger partial charge on any atom is -0.345 e. The summed E-state index contributed by atoms with van der Waals surface area (Å²) in [4.78, 5) is 34.6. The van der Waals surface area contributed by atoms with Gasteiger partial charge in [-0.05, 0) is 38.0 Å². The molecule has 0 aliphatic carbocycles. The van der Waals surface area contributed by atoms with Gasteiger partial charge in [-0.3, -0.25) is 4.79 Å². The van der Waals surface area contributed by atoms with E-state index in [0.717, 1.165) is 29.2 Å². The van der Waals surface area contributed by atoms with Crippen LogP contribution in [0.3, 0.4) is 0 Å². The summed E-state index contributed by atoms with van der Waals surface area (Å²) in [7, 11) is 0. The predicted octanol–water partition coefficient (Wildman–Crippen LogP) is 2.94. The van der Waals surface area contributed by atoms with Crippen LogP contribution in [0.15, 0.2) is 43.0 Å². The number of nitrogens with zero attached hydrogens (tertiary/aromatic N) is 5. The molecule has 28 heavy (non-hydrogen) atoms. The molecule has 0 unspecified atom stereocenters. The molecule has 8 heteroatoms. The van der Waals surface area contributed by atoms with Crippen LogP contribution in [0.5, 0.6) is 0 Å². The lowest BCUT2D eigenvalue weighted by atomic mass is 9.98. The number of H-pyrrole nitrogens is 1. The fraction of sp³-hybridized carbons (Fsp3) is 0.250. The molecule has 1 fully saturated rings. The first-order valence-corrected chi connectivity index (χ1v) is 9.11. The maximum absolute atomic E-state index is 12.5. The number of aromatic amines is 1. The summed E-state index contributed by atoms with van der Waals surface area (Å²) in [5, 5.41) is 3.25. The highest BCUT2D eigenvalue weighted by Crippen LogP contribution is 2.33. The van der Waals surface area contributed by atoms with E-state index in [0.29, 0.717) is 18.2 Å². The van der Waals surface area contributed by atoms with Gasteiger partial charge in [-0.25, -0.2) is 19.9 Å². The van der Waals surface area contributed by atoms with Crippen LogP contribution in [-0.4, -0.2) is 42.3 Å². The van der Waals surface area contributed by atoms with Crippen LogP contribution >= 0.6 is 0 Å². The number of aryl methyl sites for hydroxylation is 2. The lowest BCUT2D eigenvalue weighted by Gasteiger charge is -2.40. The van der Waals surface area contributed by atoms with Crippen LogP contribution in [0, 0.1) is 13.8 Å². The first-order valence-electron chi connectivity index (χ1n) is 9.11. The molecule has 0 bridgehead atoms. The Morgan fingerprint density at radius 2 is 2.25 bits per heavy atom. The molecule has 1 amide bonds. The molecule has 2 N–H and O–H groups in total. The summed E-state index contributed by atoms with van der Waals surface area (Å²) in [6, 6.07) is 5.73. The lowest BCUT2D eigenvalue weighted by molar-refractivity contribution is -0.133. The number of anilines is 2. The largest absolute Gasteiger partial charge is 0.345 e. The average Bonchev–Trinajstić information content (AvgIpc) is 3.14. The van der Waals surface area contributed by atoms with Gasteiger partial charge in [-0.2, -0.15) is 0 Å². The molecular weight excluding hydrogens is 354 g/mol. The molecule has 142 valence electrons. The smallest absolute Gasteiger partial charge is 0.247 e. The van der Waals surface area contributed by atoms with E-state index in [1.807, 2.05) is 36.9 Å². The monoisotopic (exact) mass is 375 g/mol. The Hall–Kier alpha value is -3.55. The third-order valence-electron chi connectivity index (χ3n) is 4.68. The summed E-state index contributed by atoms with van der Waals surface area (Å²) < 4.78 is 0. The number of likely N-dealkylation sites (tertiary alicyclic amines) is 1. The van der Waals surface area contributed by atoms with Crippen molar-refractivity contribution in [3.63, 3.8) is 0 Å². The first-order chi connectivity index (χ1) is 13.6. The number of imidazole rings is 1. The Morgan fingerprint density at radius 3 is 2.96 bits per heavy atom. The van der Waals surface area contributed by atoms with Crippen molar-refractivity contribution >= 4 is 23.6 Å². The van der Waals surface area contributed by atoms with Crippen molar-refractivity contribution in [2.75, 3.05) is 11.9 Å². The van der Waals surface area contributed by atoms with Gasteiger partial charge < -0.3 is 15.2 Å². The Bertz CT molecular complexity index is 1010. The number of carbonyl (C=O) groups is 1. The number of hydrogen-bond acceptors (Lipinski definition) is 6. The van der Waals surface area contributed by atoms with Crippen molar-refractivity contribution in [2.45, 2.75) is 26.3 Å². The quantitative estimate of drug-likeness (QED) is 0.665. The van der Waals surface area contributed by atoms with Crippen molar-refractivity contribution in [3.8, 4) is 0 Å². The van der Waals surface area contributed by atoms with Gasteiger partial charge in [0.15, 0.2) is 0 Å². The molecule has 0 radical (unpaired) electrons. The molecule has 4 rings (SSSR count). The normalized spacial score (nSPS) is 16.2. The number of hydrogen-bond donors (Lipinski definition) is 2. The molecule has 1 atom stereocenters. The van der Waals surface area contributed by atoms with Gasteiger partial charge in [-0.15, -0.1) is 0 Å². The summed E-state index contributed by atoms with van der Waals surface area (Å²) >= 11 is 0. The van der Waals surface area contributed by atoms with Gasteiger partial charge in [0.05, 0.1) is 30.0 Å². The third kappa shape index (κ3) is 3.75. The predicted molar refractivity (Wildman–Crippen MR) is 106 cm³/mol. The van der Waals surface area contributed by atoms with E-state index >= 15 is 0 Å². The molecule has 0 spiro atoms. The number of rotatable bonds is 5. The summed E-state index contributed by atoms with van der Waals surface area (Å²) in [6.07, 6.45) is 9.16. The van der Waals surface area contributed by atoms with E-state index < -0.39 is 0 Å². The van der Waals surface area contributed by atoms with E-state index in [4.69, 9.17) is 0 Å². The van der Waals surface area contributed by atoms with Crippen LogP contribution in [0.25, 0.3) is 6.08 Å². The van der Waals surface area contributed by atoms with E-state index in [2.05, 4.69) is 30.2 Å². The van der Waals surface area contributed by atoms with Crippen molar-refractivity contribution in [3.05, 3.63) is 65.8 Å². The van der Waals surface area contributed by atoms with E-state index in [-0.39, 0.29) is 11.9 Å². The van der Waals surface area contributed by atoms with Crippen molar-refractivity contribution in [2.24, 2.45) is 0 Å². The molecule has 8 nitrogen and oxygen atoms in total. The molecule has 3 aromatic heterocycles. The summed E-state index contributed by atoms with van der Waals surface area (Å²) in [6.45, 7) is 4.55. The minimum atomic E-state index is -0.0500. The van der Waals surface area contributed by atoms with Crippen LogP contribution < -0.4 is 5.32 Å². The number of nitrogens with one attached hydrogen (secondary N) is 2. The summed E-state index contributed by atoms with van der Waals surface area (Å²) in [5.41, 5.74) is 2.66. The van der Waals surface area contributed by atoms with Gasteiger partial charge in [0.25, 0.3) is 0 Å². The maximum atomic E-state index is 12.5. The lowest BCUT2D eigenvalue weighted by Crippen LogP contribution is -2.44. The second kappa shape index (κ2) is 7.59. The fourth-order valence-corrected chi connectivity index (χ4v) is 3.14. The molecule has 4 heterocycles. The van der Waals surface area contributed by atoms with Gasteiger partial charge >= 0.3 is 0 Å². The van der Waals surface area contributed by atoms with Crippen LogP contribution in [0.1, 0.15) is 35.2 Å². The number of amides is 1. The van der Waals surface area contributed by atoms with Crippen LogP contribution in [-0.2, 0) is 4.79 Å². The highest BCUT2D eigenvalue weighted by molar-refractivity contribution is 5.92. The molecule has 1 saturated heterocycles. The average molecular weight is 375 g/mol. The number of pyridine rings is 1. The SMILES string of the molecule is Cc1nc(Nc2ncccc2C)cc([C@H]2CCN2C(=O)/C=C/c2cnc[nH]2)n1. The highest BCUT2D eigenvalue weighted by atomic mass is 16.2. The van der Waals surface area contributed by atoms with Crippen molar-refractivity contribution < 1.29 is 4.79 Å². The Morgan fingerprint density at radius 1 is 1.36 bits per heavy atom. The van der Waals surface area contributed by atoms with E-state index in [1.54, 1.807) is 30.9 Å². The number of carbonyl (C=O) groups excluding carboxylic acids is 1. The van der Waals surface area contributed by atoms with Gasteiger partial charge in [0.2, 0.25) is 5.91 Å². The minimum absolute atomic E-state index is 0.0443. The number of aromatic nitrogens is 5. The standard InChI is InChI=1S/C20H21N7O/c1-13-4-3-8-22-20(13)26-18-10-16(24-14(2)25-18)17-7-9-27(17)19(28)6-5-15-11-21-12-23-15/h3-6,8,10-12,17H,7,9H2,1-2H3,(H,21,23)(H,22,24,25,26)/b6-5+/t17-/m1/s1. The fourth-order valence-electron chi connectivity index (χ4n) is 3.14. The maximum Gasteiger partial charge on any atom is 0.247 e. The molecule has 0 aromatic carbocycles. The highest BCUT2D eigenvalue weighted by Gasteiger charge is 2.33. The van der Waals surface area contributed by atoms with E-state index in [1.165, 1.54) is 0 Å². The third-order valence-corrected chi connectivity index (χ3v) is 4.68. The zero-order valence-corrected chi connectivity index (χ0v) is 15.8. The Labute approximate surface area is 162 Å². The topological polar surface area (TPSA) is 99.7 Å². The Balaban J connectivity index is 1.51. The summed E-state index contributed by atoms with van der Waals surface area (Å²) in [5.74, 6) is 2.05. The van der Waals surface area contributed by atoms with Gasteiger partial charge in [0.1, 0.15) is 17.5 Å². The first kappa shape index (κ1) is 17.8. The van der Waals surface area contributed by atoms with Crippen LogP contribution in [0.4, 0.5) is 11.6 Å². The zero-order chi connectivity index (χ0) is 19.5. The second-order valence-corrected chi connectivity index (χ2v) is 6.70. The Kier molecular flexibility index (Phi) is 4.84. The molecular formula is C20H21N7O. The van der Waals surface area contributed by atoms with Gasteiger partial charge in [0, 0.05) is 24.9 Å². The zero-order valence-electron chi connectivity index (χ0n) is 15.8. The van der Waals surface area contributed by atoms with Crippen molar-refractivity contribution in [1.29, 1.82) is 0 Å². The molecule has 3 aromatic rings. The second-order valence-electron chi connectivity index (χ2n) is 6.70. The van der Waals surface area contributed by atoms with E-state index in [9.17, 15) is 4.79 Å².